The minimum absolute atomic E-state index is 0.199. The maximum absolute atomic E-state index is 12.0. The number of aryl methyl sites for hydroxylation is 1. The molecule has 0 radical (unpaired) electrons. The van der Waals surface area contributed by atoms with Crippen LogP contribution in [0.2, 0.25) is 0 Å². The maximum atomic E-state index is 12.0. The van der Waals surface area contributed by atoms with Gasteiger partial charge in [0.2, 0.25) is 0 Å². The molecule has 0 saturated heterocycles. The van der Waals surface area contributed by atoms with Crippen LogP contribution in [0.1, 0.15) is 15.9 Å². The van der Waals surface area contributed by atoms with E-state index in [1.165, 1.54) is 11.3 Å². The molecule has 1 aromatic heterocycles. The van der Waals surface area contributed by atoms with Gasteiger partial charge < -0.3 is 4.74 Å². The summed E-state index contributed by atoms with van der Waals surface area (Å²) in [5.41, 5.74) is 1.54. The summed E-state index contributed by atoms with van der Waals surface area (Å²) in [6.45, 7) is 1.93. The zero-order chi connectivity index (χ0) is 13.1. The summed E-state index contributed by atoms with van der Waals surface area (Å²) >= 11 is 4.66. The Kier molecular flexibility index (Phi) is 3.98. The third kappa shape index (κ3) is 2.88. The summed E-state index contributed by atoms with van der Waals surface area (Å²) in [6, 6.07) is 5.33. The number of nitrogens with one attached hydrogen (secondary N) is 1. The number of ether oxygens (including phenoxy) is 1. The first-order chi connectivity index (χ1) is 8.60. The SMILES string of the molecule is COc1cc(C(=O)Nc2ncc(Br)s2)ccc1C. The van der Waals surface area contributed by atoms with E-state index < -0.39 is 0 Å². The average Bonchev–Trinajstić information content (AvgIpc) is 2.75. The van der Waals surface area contributed by atoms with Crippen molar-refractivity contribution in [2.45, 2.75) is 6.92 Å². The Morgan fingerprint density at radius 2 is 2.28 bits per heavy atom. The highest BCUT2D eigenvalue weighted by Crippen LogP contribution is 2.24. The number of hydrogen-bond donors (Lipinski definition) is 1. The lowest BCUT2D eigenvalue weighted by Crippen LogP contribution is -2.11. The van der Waals surface area contributed by atoms with E-state index in [2.05, 4.69) is 26.2 Å². The molecule has 0 aliphatic heterocycles. The van der Waals surface area contributed by atoms with Gasteiger partial charge in [-0.2, -0.15) is 0 Å². The van der Waals surface area contributed by atoms with Crippen LogP contribution in [-0.2, 0) is 0 Å². The molecule has 0 atom stereocenters. The van der Waals surface area contributed by atoms with E-state index in [4.69, 9.17) is 4.74 Å². The number of benzene rings is 1. The van der Waals surface area contributed by atoms with Crippen molar-refractivity contribution in [3.8, 4) is 5.75 Å². The Labute approximate surface area is 117 Å². The number of methoxy groups -OCH3 is 1. The number of carbonyl (C=O) groups is 1. The molecule has 18 heavy (non-hydrogen) atoms. The number of halogens is 1. The molecule has 0 fully saturated rings. The van der Waals surface area contributed by atoms with Gasteiger partial charge in [-0.1, -0.05) is 17.4 Å². The predicted molar refractivity (Wildman–Crippen MR) is 75.5 cm³/mol. The van der Waals surface area contributed by atoms with E-state index in [-0.39, 0.29) is 5.91 Å². The van der Waals surface area contributed by atoms with E-state index in [0.717, 1.165) is 9.35 Å². The average molecular weight is 327 g/mol. The van der Waals surface area contributed by atoms with Crippen molar-refractivity contribution in [2.24, 2.45) is 0 Å². The first kappa shape index (κ1) is 13.0. The monoisotopic (exact) mass is 326 g/mol. The molecule has 0 spiro atoms. The van der Waals surface area contributed by atoms with Gasteiger partial charge in [0.1, 0.15) is 5.75 Å². The Bertz CT molecular complexity index is 583. The second-order valence-electron chi connectivity index (χ2n) is 3.61. The lowest BCUT2D eigenvalue weighted by Gasteiger charge is -2.07. The largest absolute Gasteiger partial charge is 0.496 e. The summed E-state index contributed by atoms with van der Waals surface area (Å²) in [4.78, 5) is 16.0. The first-order valence-corrected chi connectivity index (χ1v) is 6.78. The van der Waals surface area contributed by atoms with E-state index in [1.54, 1.807) is 25.4 Å². The highest BCUT2D eigenvalue weighted by molar-refractivity contribution is 9.11. The van der Waals surface area contributed by atoms with Gasteiger partial charge in [-0.05, 0) is 40.5 Å². The number of rotatable bonds is 3. The van der Waals surface area contributed by atoms with E-state index in [9.17, 15) is 4.79 Å². The molecule has 2 aromatic rings. The Morgan fingerprint density at radius 1 is 1.50 bits per heavy atom. The molecule has 1 heterocycles. The quantitative estimate of drug-likeness (QED) is 0.939. The number of hydrogen-bond acceptors (Lipinski definition) is 4. The van der Waals surface area contributed by atoms with Crippen molar-refractivity contribution in [1.82, 2.24) is 4.98 Å². The lowest BCUT2D eigenvalue weighted by molar-refractivity contribution is 0.102. The third-order valence-electron chi connectivity index (χ3n) is 2.37. The minimum Gasteiger partial charge on any atom is -0.496 e. The molecular weight excluding hydrogens is 316 g/mol. The zero-order valence-electron chi connectivity index (χ0n) is 9.86. The van der Waals surface area contributed by atoms with Gasteiger partial charge in [-0.25, -0.2) is 4.98 Å². The molecule has 0 saturated carbocycles. The van der Waals surface area contributed by atoms with Crippen LogP contribution < -0.4 is 10.1 Å². The fourth-order valence-electron chi connectivity index (χ4n) is 1.44. The molecule has 6 heteroatoms. The summed E-state index contributed by atoms with van der Waals surface area (Å²) in [5, 5.41) is 3.29. The number of thiazole rings is 1. The summed E-state index contributed by atoms with van der Waals surface area (Å²) in [6.07, 6.45) is 1.65. The van der Waals surface area contributed by atoms with Gasteiger partial charge in [0.25, 0.3) is 5.91 Å². The Morgan fingerprint density at radius 3 is 2.89 bits per heavy atom. The number of anilines is 1. The van der Waals surface area contributed by atoms with Gasteiger partial charge in [-0.15, -0.1) is 0 Å². The molecule has 94 valence electrons. The maximum Gasteiger partial charge on any atom is 0.257 e. The van der Waals surface area contributed by atoms with Gasteiger partial charge in [0.15, 0.2) is 5.13 Å². The Balaban J connectivity index is 2.18. The fraction of sp³-hybridized carbons (Fsp3) is 0.167. The molecule has 1 aromatic carbocycles. The number of amides is 1. The van der Waals surface area contributed by atoms with Crippen molar-refractivity contribution in [2.75, 3.05) is 12.4 Å². The van der Waals surface area contributed by atoms with Crippen LogP contribution in [0.5, 0.6) is 5.75 Å². The van der Waals surface area contributed by atoms with Gasteiger partial charge in [0.05, 0.1) is 17.1 Å². The van der Waals surface area contributed by atoms with Gasteiger partial charge in [0, 0.05) is 5.56 Å². The van der Waals surface area contributed by atoms with Crippen LogP contribution >= 0.6 is 27.3 Å². The second kappa shape index (κ2) is 5.49. The van der Waals surface area contributed by atoms with Crippen LogP contribution in [0.3, 0.4) is 0 Å². The molecule has 1 amide bonds. The number of aromatic nitrogens is 1. The van der Waals surface area contributed by atoms with Crippen LogP contribution in [0.15, 0.2) is 28.2 Å². The van der Waals surface area contributed by atoms with Gasteiger partial charge >= 0.3 is 0 Å². The Hall–Kier alpha value is -1.40. The van der Waals surface area contributed by atoms with Crippen molar-refractivity contribution in [3.05, 3.63) is 39.3 Å². The molecule has 0 bridgehead atoms. The summed E-state index contributed by atoms with van der Waals surface area (Å²) < 4.78 is 6.06. The molecule has 0 aliphatic rings. The van der Waals surface area contributed by atoms with Crippen LogP contribution in [0.4, 0.5) is 5.13 Å². The third-order valence-corrected chi connectivity index (χ3v) is 3.76. The van der Waals surface area contributed by atoms with Crippen LogP contribution in [0, 0.1) is 6.92 Å². The molecule has 4 nitrogen and oxygen atoms in total. The normalized spacial score (nSPS) is 10.2. The standard InChI is InChI=1S/C12H11BrN2O2S/c1-7-3-4-8(5-9(7)17-2)11(16)15-12-14-6-10(13)18-12/h3-6H,1-2H3,(H,14,15,16). The summed E-state index contributed by atoms with van der Waals surface area (Å²) in [5.74, 6) is 0.498. The smallest absolute Gasteiger partial charge is 0.257 e. The van der Waals surface area contributed by atoms with Crippen molar-refractivity contribution >= 4 is 38.3 Å². The van der Waals surface area contributed by atoms with Crippen molar-refractivity contribution < 1.29 is 9.53 Å². The highest BCUT2D eigenvalue weighted by Gasteiger charge is 2.10. The fourth-order valence-corrected chi connectivity index (χ4v) is 2.54. The highest BCUT2D eigenvalue weighted by atomic mass is 79.9. The molecule has 1 N–H and O–H groups in total. The second-order valence-corrected chi connectivity index (χ2v) is 6.02. The molecule has 0 aliphatic carbocycles. The van der Waals surface area contributed by atoms with Gasteiger partial charge in [-0.3, -0.25) is 10.1 Å². The molecule has 2 rings (SSSR count). The predicted octanol–water partition coefficient (Wildman–Crippen LogP) is 3.47. The molecular formula is C12H11BrN2O2S. The molecule has 0 unspecified atom stereocenters. The van der Waals surface area contributed by atoms with E-state index >= 15 is 0 Å². The zero-order valence-corrected chi connectivity index (χ0v) is 12.3. The van der Waals surface area contributed by atoms with Crippen LogP contribution in [-0.4, -0.2) is 18.0 Å². The van der Waals surface area contributed by atoms with E-state index in [0.29, 0.717) is 16.4 Å². The number of carbonyl (C=O) groups excluding carboxylic acids is 1. The van der Waals surface area contributed by atoms with Crippen LogP contribution in [0.25, 0.3) is 0 Å². The van der Waals surface area contributed by atoms with Crippen molar-refractivity contribution in [1.29, 1.82) is 0 Å². The first-order valence-electron chi connectivity index (χ1n) is 5.17. The minimum atomic E-state index is -0.199. The summed E-state index contributed by atoms with van der Waals surface area (Å²) in [7, 11) is 1.59. The topological polar surface area (TPSA) is 51.2 Å². The van der Waals surface area contributed by atoms with Crippen molar-refractivity contribution in [3.63, 3.8) is 0 Å². The lowest BCUT2D eigenvalue weighted by atomic mass is 10.1. The van der Waals surface area contributed by atoms with E-state index in [1.807, 2.05) is 13.0 Å². The number of nitrogens with zero attached hydrogens (tertiary/aromatic N) is 1.